The van der Waals surface area contributed by atoms with Gasteiger partial charge in [-0.2, -0.15) is 0 Å². The first-order chi connectivity index (χ1) is 15.0. The van der Waals surface area contributed by atoms with E-state index in [1.54, 1.807) is 48.3 Å². The standard InChI is InChI=1S/C25H23N3O3/c1-16(29)26-18-11-8-12-19(15-18)27-24(30)22-20-13-6-7-14-21(20)25(31)28(2)23(22)17-9-4-3-5-10-17/h3-15,22-23H,1-2H3,(H,26,29)(H,27,30). The van der Waals surface area contributed by atoms with E-state index in [1.807, 2.05) is 42.5 Å². The van der Waals surface area contributed by atoms with Gasteiger partial charge in [0.1, 0.15) is 0 Å². The summed E-state index contributed by atoms with van der Waals surface area (Å²) in [5.41, 5.74) is 3.29. The smallest absolute Gasteiger partial charge is 0.254 e. The Morgan fingerprint density at radius 3 is 2.19 bits per heavy atom. The van der Waals surface area contributed by atoms with Crippen molar-refractivity contribution in [3.05, 3.63) is 95.6 Å². The van der Waals surface area contributed by atoms with E-state index in [9.17, 15) is 14.4 Å². The van der Waals surface area contributed by atoms with Gasteiger partial charge in [0.05, 0.1) is 12.0 Å². The molecule has 1 aliphatic heterocycles. The monoisotopic (exact) mass is 413 g/mol. The number of fused-ring (bicyclic) bond motifs is 1. The van der Waals surface area contributed by atoms with Crippen molar-refractivity contribution in [2.75, 3.05) is 17.7 Å². The molecule has 0 saturated heterocycles. The molecule has 156 valence electrons. The summed E-state index contributed by atoms with van der Waals surface area (Å²) in [7, 11) is 1.73. The molecule has 1 aliphatic rings. The normalized spacial score (nSPS) is 17.6. The van der Waals surface area contributed by atoms with Gasteiger partial charge in [-0.1, -0.05) is 54.6 Å². The van der Waals surface area contributed by atoms with Crippen molar-refractivity contribution in [2.45, 2.75) is 18.9 Å². The molecule has 6 heteroatoms. The Morgan fingerprint density at radius 2 is 1.48 bits per heavy atom. The molecular formula is C25H23N3O3. The first kappa shape index (κ1) is 20.3. The van der Waals surface area contributed by atoms with Gasteiger partial charge in [-0.05, 0) is 35.4 Å². The van der Waals surface area contributed by atoms with Gasteiger partial charge in [0, 0.05) is 30.9 Å². The minimum atomic E-state index is -0.592. The molecule has 0 spiro atoms. The molecule has 31 heavy (non-hydrogen) atoms. The minimum absolute atomic E-state index is 0.110. The number of nitrogens with zero attached hydrogens (tertiary/aromatic N) is 1. The highest BCUT2D eigenvalue weighted by Gasteiger charge is 2.42. The molecule has 3 aromatic carbocycles. The number of rotatable bonds is 4. The Hall–Kier alpha value is -3.93. The summed E-state index contributed by atoms with van der Waals surface area (Å²) in [5.74, 6) is -1.11. The van der Waals surface area contributed by atoms with Gasteiger partial charge in [-0.15, -0.1) is 0 Å². The van der Waals surface area contributed by atoms with Gasteiger partial charge in [0.25, 0.3) is 5.91 Å². The highest BCUT2D eigenvalue weighted by Crippen LogP contribution is 2.42. The number of anilines is 2. The van der Waals surface area contributed by atoms with Gasteiger partial charge < -0.3 is 15.5 Å². The van der Waals surface area contributed by atoms with Crippen LogP contribution in [0, 0.1) is 0 Å². The molecule has 2 atom stereocenters. The van der Waals surface area contributed by atoms with Crippen molar-refractivity contribution in [2.24, 2.45) is 0 Å². The van der Waals surface area contributed by atoms with Crippen LogP contribution in [0.1, 0.15) is 40.4 Å². The van der Waals surface area contributed by atoms with Crippen molar-refractivity contribution in [1.82, 2.24) is 4.90 Å². The Bertz CT molecular complexity index is 1140. The first-order valence-electron chi connectivity index (χ1n) is 10.1. The summed E-state index contributed by atoms with van der Waals surface area (Å²) in [4.78, 5) is 39.6. The lowest BCUT2D eigenvalue weighted by atomic mass is 9.79. The Morgan fingerprint density at radius 1 is 0.839 bits per heavy atom. The molecule has 0 saturated carbocycles. The number of nitrogens with one attached hydrogen (secondary N) is 2. The highest BCUT2D eigenvalue weighted by molar-refractivity contribution is 6.04. The quantitative estimate of drug-likeness (QED) is 0.673. The largest absolute Gasteiger partial charge is 0.334 e. The second kappa shape index (κ2) is 8.44. The van der Waals surface area contributed by atoms with Gasteiger partial charge in [0.15, 0.2) is 0 Å². The summed E-state index contributed by atoms with van der Waals surface area (Å²) < 4.78 is 0. The fourth-order valence-electron chi connectivity index (χ4n) is 4.12. The van der Waals surface area contributed by atoms with Crippen LogP contribution in [0.25, 0.3) is 0 Å². The molecule has 3 aromatic rings. The zero-order valence-corrected chi connectivity index (χ0v) is 17.3. The van der Waals surface area contributed by atoms with Crippen LogP contribution in [0.2, 0.25) is 0 Å². The topological polar surface area (TPSA) is 78.5 Å². The van der Waals surface area contributed by atoms with E-state index in [0.717, 1.165) is 5.56 Å². The van der Waals surface area contributed by atoms with Crippen LogP contribution < -0.4 is 10.6 Å². The summed E-state index contributed by atoms with van der Waals surface area (Å²) in [5, 5.41) is 5.69. The third-order valence-electron chi connectivity index (χ3n) is 5.45. The predicted octanol–water partition coefficient (Wildman–Crippen LogP) is 4.19. The number of amides is 3. The summed E-state index contributed by atoms with van der Waals surface area (Å²) in [6.45, 7) is 1.43. The maximum atomic E-state index is 13.6. The van der Waals surface area contributed by atoms with Crippen LogP contribution >= 0.6 is 0 Å². The highest BCUT2D eigenvalue weighted by atomic mass is 16.2. The number of carbonyl (C=O) groups excluding carboxylic acids is 3. The second-order valence-corrected chi connectivity index (χ2v) is 7.59. The van der Waals surface area contributed by atoms with Crippen LogP contribution in [0.15, 0.2) is 78.9 Å². The van der Waals surface area contributed by atoms with E-state index in [0.29, 0.717) is 22.5 Å². The van der Waals surface area contributed by atoms with Crippen molar-refractivity contribution < 1.29 is 14.4 Å². The number of likely N-dealkylation sites (N-methyl/N-ethyl adjacent to an activating group) is 1. The van der Waals surface area contributed by atoms with E-state index in [-0.39, 0.29) is 17.7 Å². The van der Waals surface area contributed by atoms with E-state index in [4.69, 9.17) is 0 Å². The van der Waals surface area contributed by atoms with Gasteiger partial charge in [0.2, 0.25) is 11.8 Å². The van der Waals surface area contributed by atoms with Crippen LogP contribution in [-0.2, 0) is 9.59 Å². The van der Waals surface area contributed by atoms with Gasteiger partial charge in [-0.3, -0.25) is 14.4 Å². The Balaban J connectivity index is 1.74. The average molecular weight is 413 g/mol. The molecule has 0 aromatic heterocycles. The predicted molar refractivity (Wildman–Crippen MR) is 120 cm³/mol. The number of benzene rings is 3. The van der Waals surface area contributed by atoms with Crippen molar-refractivity contribution >= 4 is 29.1 Å². The first-order valence-corrected chi connectivity index (χ1v) is 10.1. The zero-order valence-electron chi connectivity index (χ0n) is 17.3. The second-order valence-electron chi connectivity index (χ2n) is 7.59. The molecule has 0 aliphatic carbocycles. The Labute approximate surface area is 180 Å². The van der Waals surface area contributed by atoms with E-state index in [1.165, 1.54) is 6.92 Å². The molecule has 2 N–H and O–H groups in total. The lowest BCUT2D eigenvalue weighted by molar-refractivity contribution is -0.119. The minimum Gasteiger partial charge on any atom is -0.334 e. The molecule has 2 unspecified atom stereocenters. The maximum Gasteiger partial charge on any atom is 0.254 e. The van der Waals surface area contributed by atoms with Crippen LogP contribution in [0.3, 0.4) is 0 Å². The summed E-state index contributed by atoms with van der Waals surface area (Å²) in [6, 6.07) is 23.4. The fraction of sp³-hybridized carbons (Fsp3) is 0.160. The van der Waals surface area contributed by atoms with Gasteiger partial charge >= 0.3 is 0 Å². The van der Waals surface area contributed by atoms with Crippen LogP contribution in [0.4, 0.5) is 11.4 Å². The van der Waals surface area contributed by atoms with E-state index in [2.05, 4.69) is 10.6 Å². The molecular weight excluding hydrogens is 390 g/mol. The molecule has 3 amide bonds. The lowest BCUT2D eigenvalue weighted by Crippen LogP contribution is -2.44. The number of carbonyl (C=O) groups is 3. The third-order valence-corrected chi connectivity index (χ3v) is 5.45. The average Bonchev–Trinajstić information content (AvgIpc) is 2.76. The maximum absolute atomic E-state index is 13.6. The number of hydrogen-bond donors (Lipinski definition) is 2. The molecule has 4 rings (SSSR count). The summed E-state index contributed by atoms with van der Waals surface area (Å²) in [6.07, 6.45) is 0. The number of hydrogen-bond acceptors (Lipinski definition) is 3. The zero-order chi connectivity index (χ0) is 22.0. The van der Waals surface area contributed by atoms with E-state index < -0.39 is 12.0 Å². The SMILES string of the molecule is CC(=O)Nc1cccc(NC(=O)C2c3ccccc3C(=O)N(C)C2c2ccccc2)c1. The van der Waals surface area contributed by atoms with Crippen molar-refractivity contribution in [1.29, 1.82) is 0 Å². The molecule has 0 bridgehead atoms. The Kier molecular flexibility index (Phi) is 5.54. The lowest BCUT2D eigenvalue weighted by Gasteiger charge is -2.39. The summed E-state index contributed by atoms with van der Waals surface area (Å²) >= 11 is 0. The van der Waals surface area contributed by atoms with Crippen molar-refractivity contribution in [3.8, 4) is 0 Å². The fourth-order valence-corrected chi connectivity index (χ4v) is 4.12. The molecule has 0 fully saturated rings. The van der Waals surface area contributed by atoms with Crippen LogP contribution in [-0.4, -0.2) is 29.7 Å². The van der Waals surface area contributed by atoms with E-state index >= 15 is 0 Å². The molecule has 1 heterocycles. The molecule has 6 nitrogen and oxygen atoms in total. The molecule has 0 radical (unpaired) electrons. The van der Waals surface area contributed by atoms with Gasteiger partial charge in [-0.25, -0.2) is 0 Å². The third kappa shape index (κ3) is 4.05. The van der Waals surface area contributed by atoms with Crippen LogP contribution in [0.5, 0.6) is 0 Å². The van der Waals surface area contributed by atoms with Crippen molar-refractivity contribution in [3.63, 3.8) is 0 Å².